The Kier molecular flexibility index (Phi) is 8.50. The number of carbonyl (C=O) groups is 2. The number of methoxy groups -OCH3 is 1. The van der Waals surface area contributed by atoms with Crippen LogP contribution in [0.25, 0.3) is 10.4 Å². The van der Waals surface area contributed by atoms with Crippen LogP contribution in [0, 0.1) is 11.3 Å². The largest absolute Gasteiger partial charge is 0.479 e. The Morgan fingerprint density at radius 3 is 2.60 bits per heavy atom. The average molecular weight is 579 g/mol. The number of hydrogen-bond acceptors (Lipinski definition) is 9. The van der Waals surface area contributed by atoms with Crippen LogP contribution in [0.1, 0.15) is 22.2 Å². The van der Waals surface area contributed by atoms with Gasteiger partial charge in [0.05, 0.1) is 28.6 Å². The summed E-state index contributed by atoms with van der Waals surface area (Å²) in [6.45, 7) is 1.44. The lowest BCUT2D eigenvalue weighted by Gasteiger charge is -2.10. The molecule has 3 rings (SSSR count). The van der Waals surface area contributed by atoms with E-state index in [1.165, 1.54) is 25.3 Å². The van der Waals surface area contributed by atoms with Crippen molar-refractivity contribution in [1.29, 1.82) is 5.26 Å². The average Bonchev–Trinajstić information content (AvgIpc) is 3.18. The van der Waals surface area contributed by atoms with E-state index in [1.807, 2.05) is 6.07 Å². The molecule has 0 unspecified atom stereocenters. The van der Waals surface area contributed by atoms with Crippen molar-refractivity contribution in [3.05, 3.63) is 63.4 Å². The Bertz CT molecular complexity index is 1410. The molecule has 0 aliphatic carbocycles. The Balaban J connectivity index is 1.97. The van der Waals surface area contributed by atoms with Gasteiger partial charge in [-0.3, -0.25) is 4.72 Å². The van der Waals surface area contributed by atoms with Crippen molar-refractivity contribution >= 4 is 54.9 Å². The van der Waals surface area contributed by atoms with E-state index < -0.39 is 28.6 Å². The summed E-state index contributed by atoms with van der Waals surface area (Å²) in [6.07, 6.45) is 0. The third kappa shape index (κ3) is 6.00. The highest BCUT2D eigenvalue weighted by atomic mass is 79.9. The van der Waals surface area contributed by atoms with Gasteiger partial charge in [-0.1, -0.05) is 24.3 Å². The molecule has 0 aliphatic rings. The zero-order chi connectivity index (χ0) is 25.6. The predicted octanol–water partition coefficient (Wildman–Crippen LogP) is 4.58. The maximum absolute atomic E-state index is 12.9. The summed E-state index contributed by atoms with van der Waals surface area (Å²) < 4.78 is 43.9. The lowest BCUT2D eigenvalue weighted by Crippen LogP contribution is -2.15. The van der Waals surface area contributed by atoms with Crippen molar-refractivity contribution in [1.82, 2.24) is 0 Å². The van der Waals surface area contributed by atoms with Crippen LogP contribution in [0.5, 0.6) is 5.75 Å². The van der Waals surface area contributed by atoms with E-state index in [0.29, 0.717) is 14.9 Å². The van der Waals surface area contributed by atoms with Gasteiger partial charge in [-0.15, -0.1) is 11.3 Å². The summed E-state index contributed by atoms with van der Waals surface area (Å²) in [6, 6.07) is 14.2. The molecular formula is C23H19BrN2O7S2. The number of anilines is 1. The first-order chi connectivity index (χ1) is 16.7. The standard InChI is InChI=1S/C23H19BrN2O7S2/c1-3-32-18(27)13-33-20-19(24)21(34-22(20)23(28)31-2)14-8-6-9-16(11-14)26-35(29,30)17-10-5-4-7-15(17)12-25/h4-11,26H,3,13H2,1-2H3. The summed E-state index contributed by atoms with van der Waals surface area (Å²) in [5, 5.41) is 9.25. The van der Waals surface area contributed by atoms with E-state index in [4.69, 9.17) is 14.2 Å². The fourth-order valence-electron chi connectivity index (χ4n) is 3.00. The molecule has 35 heavy (non-hydrogen) atoms. The second-order valence-electron chi connectivity index (χ2n) is 6.78. The smallest absolute Gasteiger partial charge is 0.351 e. The second kappa shape index (κ2) is 11.4. The van der Waals surface area contributed by atoms with E-state index in [9.17, 15) is 23.3 Å². The molecule has 3 aromatic rings. The first-order valence-electron chi connectivity index (χ1n) is 10.0. The zero-order valence-electron chi connectivity index (χ0n) is 18.5. The van der Waals surface area contributed by atoms with E-state index in [0.717, 1.165) is 11.3 Å². The molecule has 0 fully saturated rings. The number of sulfonamides is 1. The lowest BCUT2D eigenvalue weighted by molar-refractivity contribution is -0.145. The molecule has 0 radical (unpaired) electrons. The molecule has 2 aromatic carbocycles. The summed E-state index contributed by atoms with van der Waals surface area (Å²) in [5.74, 6) is -1.15. The molecule has 1 N–H and O–H groups in total. The Morgan fingerprint density at radius 2 is 1.91 bits per heavy atom. The molecule has 0 saturated carbocycles. The number of hydrogen-bond donors (Lipinski definition) is 1. The van der Waals surface area contributed by atoms with Crippen molar-refractivity contribution in [2.75, 3.05) is 25.0 Å². The molecule has 182 valence electrons. The molecule has 0 aliphatic heterocycles. The van der Waals surface area contributed by atoms with Gasteiger partial charge in [-0.05, 0) is 52.7 Å². The minimum absolute atomic E-state index is 0.0169. The molecule has 12 heteroatoms. The number of nitrogens with zero attached hydrogens (tertiary/aromatic N) is 1. The monoisotopic (exact) mass is 578 g/mol. The summed E-state index contributed by atoms with van der Waals surface area (Å²) in [7, 11) is -2.82. The molecule has 0 bridgehead atoms. The van der Waals surface area contributed by atoms with E-state index in [1.54, 1.807) is 37.3 Å². The van der Waals surface area contributed by atoms with Gasteiger partial charge in [-0.25, -0.2) is 18.0 Å². The van der Waals surface area contributed by atoms with Crippen molar-refractivity contribution in [2.45, 2.75) is 11.8 Å². The predicted molar refractivity (Wildman–Crippen MR) is 133 cm³/mol. The van der Waals surface area contributed by atoms with Gasteiger partial charge in [0.1, 0.15) is 11.0 Å². The zero-order valence-corrected chi connectivity index (χ0v) is 21.8. The normalized spacial score (nSPS) is 10.8. The van der Waals surface area contributed by atoms with Crippen molar-refractivity contribution in [3.8, 4) is 22.3 Å². The number of nitrogens with one attached hydrogen (secondary N) is 1. The van der Waals surface area contributed by atoms with Gasteiger partial charge in [0.15, 0.2) is 17.2 Å². The highest BCUT2D eigenvalue weighted by Gasteiger charge is 2.26. The molecule has 9 nitrogen and oxygen atoms in total. The molecular weight excluding hydrogens is 560 g/mol. The van der Waals surface area contributed by atoms with Crippen LogP contribution in [0.3, 0.4) is 0 Å². The van der Waals surface area contributed by atoms with Crippen LogP contribution < -0.4 is 9.46 Å². The maximum atomic E-state index is 12.9. The minimum atomic E-state index is -4.04. The van der Waals surface area contributed by atoms with Crippen molar-refractivity contribution in [3.63, 3.8) is 0 Å². The molecule has 0 saturated heterocycles. The van der Waals surface area contributed by atoms with Gasteiger partial charge in [0, 0.05) is 5.69 Å². The van der Waals surface area contributed by atoms with Gasteiger partial charge < -0.3 is 14.2 Å². The first kappa shape index (κ1) is 26.2. The van der Waals surface area contributed by atoms with Crippen LogP contribution in [-0.2, 0) is 24.3 Å². The fraction of sp³-hybridized carbons (Fsp3) is 0.174. The van der Waals surface area contributed by atoms with Gasteiger partial charge in [-0.2, -0.15) is 5.26 Å². The van der Waals surface area contributed by atoms with E-state index >= 15 is 0 Å². The van der Waals surface area contributed by atoms with Gasteiger partial charge >= 0.3 is 11.9 Å². The molecule has 1 aromatic heterocycles. The second-order valence-corrected chi connectivity index (χ2v) is 10.2. The Hall–Kier alpha value is -3.40. The summed E-state index contributed by atoms with van der Waals surface area (Å²) >= 11 is 4.47. The minimum Gasteiger partial charge on any atom is -0.479 e. The molecule has 0 spiro atoms. The SMILES string of the molecule is CCOC(=O)COc1c(C(=O)OC)sc(-c2cccc(NS(=O)(=O)c3ccccc3C#N)c2)c1Br. The lowest BCUT2D eigenvalue weighted by atomic mass is 10.1. The number of carbonyl (C=O) groups excluding carboxylic acids is 2. The number of esters is 2. The Labute approximate surface area is 214 Å². The van der Waals surface area contributed by atoms with Crippen LogP contribution in [0.2, 0.25) is 0 Å². The summed E-state index contributed by atoms with van der Waals surface area (Å²) in [5.41, 5.74) is 0.819. The highest BCUT2D eigenvalue weighted by Crippen LogP contribution is 2.46. The number of rotatable bonds is 9. The van der Waals surface area contributed by atoms with E-state index in [-0.39, 0.29) is 33.4 Å². The molecule has 1 heterocycles. The number of thiophene rings is 1. The number of halogens is 1. The molecule has 0 amide bonds. The van der Waals surface area contributed by atoms with Crippen LogP contribution in [-0.4, -0.2) is 40.7 Å². The number of nitriles is 1. The quantitative estimate of drug-likeness (QED) is 0.365. The summed E-state index contributed by atoms with van der Waals surface area (Å²) in [4.78, 5) is 24.6. The van der Waals surface area contributed by atoms with Crippen LogP contribution >= 0.6 is 27.3 Å². The number of benzene rings is 2. The first-order valence-corrected chi connectivity index (χ1v) is 13.1. The maximum Gasteiger partial charge on any atom is 0.351 e. The Morgan fingerprint density at radius 1 is 1.17 bits per heavy atom. The number of ether oxygens (including phenoxy) is 3. The topological polar surface area (TPSA) is 132 Å². The van der Waals surface area contributed by atoms with Crippen molar-refractivity contribution in [2.24, 2.45) is 0 Å². The van der Waals surface area contributed by atoms with Crippen molar-refractivity contribution < 1.29 is 32.2 Å². The van der Waals surface area contributed by atoms with E-state index in [2.05, 4.69) is 20.7 Å². The molecule has 0 atom stereocenters. The third-order valence-electron chi connectivity index (χ3n) is 4.49. The highest BCUT2D eigenvalue weighted by molar-refractivity contribution is 9.10. The third-order valence-corrected chi connectivity index (χ3v) is 8.15. The van der Waals surface area contributed by atoms with Gasteiger partial charge in [0.25, 0.3) is 10.0 Å². The van der Waals surface area contributed by atoms with Gasteiger partial charge in [0.2, 0.25) is 0 Å². The van der Waals surface area contributed by atoms with Crippen LogP contribution in [0.4, 0.5) is 5.69 Å². The van der Waals surface area contributed by atoms with Crippen LogP contribution in [0.15, 0.2) is 57.9 Å². The fourth-order valence-corrected chi connectivity index (χ4v) is 6.17.